The fraction of sp³-hybridized carbons (Fsp3) is 0.556. The molecule has 2 fully saturated rings. The fourth-order valence-electron chi connectivity index (χ4n) is 3.46. The number of benzene rings is 1. The van der Waals surface area contributed by atoms with E-state index in [0.29, 0.717) is 19.4 Å². The minimum absolute atomic E-state index is 0.0802. The van der Waals surface area contributed by atoms with Gasteiger partial charge in [-0.1, -0.05) is 29.8 Å². The monoisotopic (exact) mass is 315 g/mol. The van der Waals surface area contributed by atoms with Crippen LogP contribution in [0.15, 0.2) is 24.3 Å². The van der Waals surface area contributed by atoms with Gasteiger partial charge in [-0.2, -0.15) is 0 Å². The Bertz CT molecular complexity index is 578. The van der Waals surface area contributed by atoms with E-state index in [0.717, 1.165) is 25.1 Å². The van der Waals surface area contributed by atoms with Gasteiger partial charge in [0.25, 0.3) is 0 Å². The predicted molar refractivity (Wildman–Crippen MR) is 88.8 cm³/mol. The molecule has 0 aliphatic carbocycles. The van der Waals surface area contributed by atoms with E-state index in [1.807, 2.05) is 43.1 Å². The lowest BCUT2D eigenvalue weighted by atomic mass is 10.1. The molecule has 0 radical (unpaired) electrons. The van der Waals surface area contributed by atoms with Gasteiger partial charge >= 0.3 is 0 Å². The number of likely N-dealkylation sites (tertiary alicyclic amines) is 1. The summed E-state index contributed by atoms with van der Waals surface area (Å²) in [6.45, 7) is 4.37. The van der Waals surface area contributed by atoms with Crippen molar-refractivity contribution in [1.82, 2.24) is 15.1 Å². The molecule has 0 spiro atoms. The molecule has 1 aromatic rings. The fourth-order valence-corrected chi connectivity index (χ4v) is 3.46. The van der Waals surface area contributed by atoms with Crippen molar-refractivity contribution < 1.29 is 9.59 Å². The lowest BCUT2D eigenvalue weighted by Crippen LogP contribution is -2.49. The van der Waals surface area contributed by atoms with Gasteiger partial charge < -0.3 is 15.1 Å². The van der Waals surface area contributed by atoms with Gasteiger partial charge in [-0.3, -0.25) is 9.59 Å². The second-order valence-corrected chi connectivity index (χ2v) is 6.66. The molecule has 0 bridgehead atoms. The number of hydrogen-bond acceptors (Lipinski definition) is 3. The van der Waals surface area contributed by atoms with Crippen molar-refractivity contribution in [3.8, 4) is 0 Å². The number of nitrogens with one attached hydrogen (secondary N) is 1. The first kappa shape index (κ1) is 16.0. The van der Waals surface area contributed by atoms with E-state index < -0.39 is 0 Å². The maximum Gasteiger partial charge on any atom is 0.245 e. The average molecular weight is 315 g/mol. The summed E-state index contributed by atoms with van der Waals surface area (Å²) in [7, 11) is 1.87. The molecule has 2 heterocycles. The molecule has 2 atom stereocenters. The molecule has 23 heavy (non-hydrogen) atoms. The number of nitrogens with zero attached hydrogens (tertiary/aromatic N) is 2. The molecule has 2 saturated heterocycles. The molecule has 5 nitrogen and oxygen atoms in total. The van der Waals surface area contributed by atoms with E-state index in [2.05, 4.69) is 5.32 Å². The summed E-state index contributed by atoms with van der Waals surface area (Å²) in [5, 5.41) is 3.29. The Morgan fingerprint density at radius 1 is 1.30 bits per heavy atom. The second kappa shape index (κ2) is 6.71. The Labute approximate surface area is 137 Å². The Morgan fingerprint density at radius 3 is 2.70 bits per heavy atom. The van der Waals surface area contributed by atoms with Crippen molar-refractivity contribution >= 4 is 11.8 Å². The maximum absolute atomic E-state index is 12.8. The number of carbonyl (C=O) groups is 2. The first-order valence-electron chi connectivity index (χ1n) is 8.38. The van der Waals surface area contributed by atoms with Crippen LogP contribution in [0, 0.1) is 6.92 Å². The highest BCUT2D eigenvalue weighted by Gasteiger charge is 2.39. The average Bonchev–Trinajstić information content (AvgIpc) is 3.19. The highest BCUT2D eigenvalue weighted by molar-refractivity contribution is 5.91. The molecule has 3 rings (SSSR count). The summed E-state index contributed by atoms with van der Waals surface area (Å²) in [6, 6.07) is 8.10. The minimum atomic E-state index is -0.311. The highest BCUT2D eigenvalue weighted by Crippen LogP contribution is 2.24. The van der Waals surface area contributed by atoms with Crippen LogP contribution in [0.4, 0.5) is 0 Å². The minimum Gasteiger partial charge on any atom is -0.340 e. The van der Waals surface area contributed by atoms with Gasteiger partial charge in [0.2, 0.25) is 11.8 Å². The zero-order valence-corrected chi connectivity index (χ0v) is 13.9. The number of aryl methyl sites for hydroxylation is 1. The van der Waals surface area contributed by atoms with E-state index in [1.165, 1.54) is 5.56 Å². The number of rotatable bonds is 4. The second-order valence-electron chi connectivity index (χ2n) is 6.66. The van der Waals surface area contributed by atoms with Gasteiger partial charge in [-0.25, -0.2) is 0 Å². The van der Waals surface area contributed by atoms with Crippen molar-refractivity contribution in [3.63, 3.8) is 0 Å². The Balaban J connectivity index is 1.71. The van der Waals surface area contributed by atoms with Crippen LogP contribution < -0.4 is 5.32 Å². The number of likely N-dealkylation sites (N-methyl/N-ethyl adjacent to an activating group) is 1. The molecule has 5 heteroatoms. The lowest BCUT2D eigenvalue weighted by Gasteiger charge is -2.31. The molecule has 124 valence electrons. The van der Waals surface area contributed by atoms with Crippen LogP contribution in [0.3, 0.4) is 0 Å². The summed E-state index contributed by atoms with van der Waals surface area (Å²) < 4.78 is 0. The standard InChI is InChI=1S/C18H25N3O2/c1-13-3-5-14(6-4-13)12-21-16(7-8-17(21)22)18(23)20(2)15-9-10-19-11-15/h3-6,15-16,19H,7-12H2,1-2H3. The van der Waals surface area contributed by atoms with Crippen molar-refractivity contribution in [2.75, 3.05) is 20.1 Å². The maximum atomic E-state index is 12.8. The first-order chi connectivity index (χ1) is 11.1. The number of carbonyl (C=O) groups excluding carboxylic acids is 2. The Morgan fingerprint density at radius 2 is 2.04 bits per heavy atom. The third-order valence-corrected chi connectivity index (χ3v) is 5.02. The smallest absolute Gasteiger partial charge is 0.245 e. The molecule has 1 N–H and O–H groups in total. The van der Waals surface area contributed by atoms with Crippen LogP contribution in [0.2, 0.25) is 0 Å². The number of amides is 2. The molecule has 0 aromatic heterocycles. The number of hydrogen-bond donors (Lipinski definition) is 1. The zero-order chi connectivity index (χ0) is 16.4. The van der Waals surface area contributed by atoms with Crippen LogP contribution in [-0.4, -0.2) is 53.8 Å². The third kappa shape index (κ3) is 3.39. The van der Waals surface area contributed by atoms with Gasteiger partial charge in [-0.15, -0.1) is 0 Å². The molecule has 0 saturated carbocycles. The van der Waals surface area contributed by atoms with E-state index in [9.17, 15) is 9.59 Å². The van der Waals surface area contributed by atoms with Crippen molar-refractivity contribution in [2.24, 2.45) is 0 Å². The largest absolute Gasteiger partial charge is 0.340 e. The summed E-state index contributed by atoms with van der Waals surface area (Å²) in [5.41, 5.74) is 2.27. The topological polar surface area (TPSA) is 52.7 Å². The Kier molecular flexibility index (Phi) is 4.66. The van der Waals surface area contributed by atoms with Crippen molar-refractivity contribution in [1.29, 1.82) is 0 Å². The molecule has 1 aromatic carbocycles. The van der Waals surface area contributed by atoms with Crippen molar-refractivity contribution in [3.05, 3.63) is 35.4 Å². The normalized spacial score (nSPS) is 24.3. The van der Waals surface area contributed by atoms with Crippen LogP contribution in [0.5, 0.6) is 0 Å². The Hall–Kier alpha value is -1.88. The molecule has 2 aliphatic heterocycles. The van der Waals surface area contributed by atoms with Gasteiger partial charge in [0, 0.05) is 32.6 Å². The summed E-state index contributed by atoms with van der Waals surface area (Å²) >= 11 is 0. The van der Waals surface area contributed by atoms with Crippen LogP contribution in [0.1, 0.15) is 30.4 Å². The molecule has 2 unspecified atom stereocenters. The summed E-state index contributed by atoms with van der Waals surface area (Å²) in [4.78, 5) is 28.7. The highest BCUT2D eigenvalue weighted by atomic mass is 16.2. The molecular weight excluding hydrogens is 290 g/mol. The van der Waals surface area contributed by atoms with Gasteiger partial charge in [0.05, 0.1) is 0 Å². The molecule has 2 aliphatic rings. The SMILES string of the molecule is Cc1ccc(CN2C(=O)CCC2C(=O)N(C)C2CCNC2)cc1. The summed E-state index contributed by atoms with van der Waals surface area (Å²) in [5.74, 6) is 0.165. The molecule has 2 amide bonds. The third-order valence-electron chi connectivity index (χ3n) is 5.02. The lowest BCUT2D eigenvalue weighted by molar-refractivity contribution is -0.142. The van der Waals surface area contributed by atoms with Crippen LogP contribution >= 0.6 is 0 Å². The van der Waals surface area contributed by atoms with Crippen molar-refractivity contribution in [2.45, 2.75) is 44.8 Å². The zero-order valence-electron chi connectivity index (χ0n) is 13.9. The quantitative estimate of drug-likeness (QED) is 0.911. The first-order valence-corrected chi connectivity index (χ1v) is 8.38. The van der Waals surface area contributed by atoms with Gasteiger partial charge in [0.15, 0.2) is 0 Å². The summed E-state index contributed by atoms with van der Waals surface area (Å²) in [6.07, 6.45) is 2.09. The van der Waals surface area contributed by atoms with E-state index in [-0.39, 0.29) is 23.9 Å². The van der Waals surface area contributed by atoms with E-state index in [4.69, 9.17) is 0 Å². The van der Waals surface area contributed by atoms with Crippen LogP contribution in [-0.2, 0) is 16.1 Å². The van der Waals surface area contributed by atoms with Gasteiger partial charge in [-0.05, 0) is 31.9 Å². The van der Waals surface area contributed by atoms with E-state index in [1.54, 1.807) is 4.90 Å². The van der Waals surface area contributed by atoms with E-state index >= 15 is 0 Å². The van der Waals surface area contributed by atoms with Gasteiger partial charge in [0.1, 0.15) is 6.04 Å². The molecular formula is C18H25N3O2. The predicted octanol–water partition coefficient (Wildman–Crippen LogP) is 1.31. The van der Waals surface area contributed by atoms with Crippen LogP contribution in [0.25, 0.3) is 0 Å².